The van der Waals surface area contributed by atoms with Gasteiger partial charge in [0.05, 0.1) is 12.1 Å². The lowest BCUT2D eigenvalue weighted by atomic mass is 9.95. The molecule has 3 unspecified atom stereocenters. The Bertz CT molecular complexity index is 717. The van der Waals surface area contributed by atoms with Crippen molar-refractivity contribution in [3.63, 3.8) is 0 Å². The quantitative estimate of drug-likeness (QED) is 0.460. The van der Waals surface area contributed by atoms with E-state index in [0.29, 0.717) is 12.1 Å². The van der Waals surface area contributed by atoms with Gasteiger partial charge in [-0.1, -0.05) is 47.1 Å². The van der Waals surface area contributed by atoms with Gasteiger partial charge in [-0.3, -0.25) is 19.3 Å². The maximum absolute atomic E-state index is 13.6. The molecule has 1 heterocycles. The Labute approximate surface area is 208 Å². The molecule has 0 radical (unpaired) electrons. The second-order valence-electron chi connectivity index (χ2n) is 10.8. The summed E-state index contributed by atoms with van der Waals surface area (Å²) in [6.45, 7) is 17.7. The first-order valence-electron chi connectivity index (χ1n) is 13.1. The summed E-state index contributed by atoms with van der Waals surface area (Å²) in [5.74, 6) is -0.129. The number of piperidine rings is 1. The molecule has 0 aromatic carbocycles. The van der Waals surface area contributed by atoms with Crippen molar-refractivity contribution in [2.24, 2.45) is 11.8 Å². The number of carbonyl (C=O) groups excluding carboxylic acids is 3. The summed E-state index contributed by atoms with van der Waals surface area (Å²) in [5, 5.41) is 3.09. The molecule has 1 N–H and O–H groups in total. The smallest absolute Gasteiger partial charge is 0.248 e. The highest BCUT2D eigenvalue weighted by Gasteiger charge is 2.36. The Morgan fingerprint density at radius 1 is 1.03 bits per heavy atom. The van der Waals surface area contributed by atoms with Crippen LogP contribution in [0.4, 0.5) is 0 Å². The van der Waals surface area contributed by atoms with Gasteiger partial charge in [-0.05, 0) is 58.4 Å². The van der Waals surface area contributed by atoms with Gasteiger partial charge in [0.2, 0.25) is 17.7 Å². The Kier molecular flexibility index (Phi) is 12.3. The number of hydrogen-bond donors (Lipinski definition) is 1. The summed E-state index contributed by atoms with van der Waals surface area (Å²) in [5.41, 5.74) is 0.634. The van der Waals surface area contributed by atoms with Gasteiger partial charge in [0, 0.05) is 32.3 Å². The lowest BCUT2D eigenvalue weighted by Gasteiger charge is -2.39. The Balaban J connectivity index is 3.08. The molecule has 3 atom stereocenters. The fourth-order valence-corrected chi connectivity index (χ4v) is 4.80. The molecule has 3 amide bonds. The van der Waals surface area contributed by atoms with Crippen molar-refractivity contribution in [3.8, 4) is 0 Å². The van der Waals surface area contributed by atoms with E-state index < -0.39 is 6.04 Å². The molecule has 0 saturated carbocycles. The molecule has 34 heavy (non-hydrogen) atoms. The van der Waals surface area contributed by atoms with Crippen molar-refractivity contribution < 1.29 is 14.4 Å². The van der Waals surface area contributed by atoms with Crippen LogP contribution in [0.5, 0.6) is 0 Å². The minimum Gasteiger partial charge on any atom is -0.343 e. The van der Waals surface area contributed by atoms with Crippen molar-refractivity contribution >= 4 is 17.7 Å². The summed E-state index contributed by atoms with van der Waals surface area (Å²) in [4.78, 5) is 45.3. The fourth-order valence-electron chi connectivity index (χ4n) is 4.80. The molecule has 1 saturated heterocycles. The topological polar surface area (TPSA) is 73.0 Å². The largest absolute Gasteiger partial charge is 0.343 e. The minimum atomic E-state index is -0.609. The van der Waals surface area contributed by atoms with Gasteiger partial charge < -0.3 is 15.1 Å². The molecule has 0 bridgehead atoms. The van der Waals surface area contributed by atoms with Crippen LogP contribution in [-0.2, 0) is 14.4 Å². The van der Waals surface area contributed by atoms with E-state index in [2.05, 4.69) is 24.1 Å². The minimum absolute atomic E-state index is 0.0202. The van der Waals surface area contributed by atoms with E-state index in [0.717, 1.165) is 32.2 Å². The second kappa shape index (κ2) is 13.9. The summed E-state index contributed by atoms with van der Waals surface area (Å²) >= 11 is 0. The van der Waals surface area contributed by atoms with Crippen LogP contribution >= 0.6 is 0 Å². The number of rotatable bonds is 11. The van der Waals surface area contributed by atoms with Gasteiger partial charge in [-0.15, -0.1) is 0 Å². The Morgan fingerprint density at radius 2 is 1.65 bits per heavy atom. The van der Waals surface area contributed by atoms with Crippen LogP contribution in [-0.4, -0.2) is 83.8 Å². The maximum Gasteiger partial charge on any atom is 0.248 e. The number of amides is 3. The molecule has 196 valence electrons. The molecular formula is C27H50N4O3. The van der Waals surface area contributed by atoms with Gasteiger partial charge in [0.1, 0.15) is 6.04 Å². The predicted octanol–water partition coefficient (Wildman–Crippen LogP) is 3.69. The highest BCUT2D eigenvalue weighted by Crippen LogP contribution is 2.21. The second-order valence-corrected chi connectivity index (χ2v) is 10.8. The highest BCUT2D eigenvalue weighted by molar-refractivity contribution is 5.93. The van der Waals surface area contributed by atoms with Crippen LogP contribution in [0.15, 0.2) is 11.6 Å². The third-order valence-electron chi connectivity index (χ3n) is 6.88. The zero-order valence-corrected chi connectivity index (χ0v) is 23.4. The summed E-state index contributed by atoms with van der Waals surface area (Å²) in [6, 6.07) is -0.759. The maximum atomic E-state index is 13.6. The zero-order chi connectivity index (χ0) is 26.2. The Hall–Kier alpha value is -1.89. The molecule has 0 aliphatic carbocycles. The van der Waals surface area contributed by atoms with E-state index in [-0.39, 0.29) is 47.7 Å². The van der Waals surface area contributed by atoms with Crippen molar-refractivity contribution in [2.75, 3.05) is 27.2 Å². The van der Waals surface area contributed by atoms with Crippen LogP contribution in [0.1, 0.15) is 81.1 Å². The summed E-state index contributed by atoms with van der Waals surface area (Å²) in [6.07, 6.45) is 5.75. The average Bonchev–Trinajstić information content (AvgIpc) is 2.78. The number of nitrogens with one attached hydrogen (secondary N) is 1. The number of carbonyl (C=O) groups is 3. The van der Waals surface area contributed by atoms with E-state index in [1.165, 1.54) is 0 Å². The van der Waals surface area contributed by atoms with Crippen LogP contribution in [0, 0.1) is 11.8 Å². The Morgan fingerprint density at radius 3 is 2.15 bits per heavy atom. The standard InChI is InChI=1S/C27H50N4O3/c1-11-15-29(9)26(33)21(8)17-23(18(2)3)30(10)27(34)24(19(4)5)28-25(32)22-14-12-13-16-31(22)20(6)7/h17-20,22-24H,11-16H2,1-10H3,(H,28,32)/b21-17-. The van der Waals surface area contributed by atoms with Gasteiger partial charge in [-0.2, -0.15) is 0 Å². The first kappa shape index (κ1) is 30.1. The lowest BCUT2D eigenvalue weighted by molar-refractivity contribution is -0.140. The predicted molar refractivity (Wildman–Crippen MR) is 139 cm³/mol. The van der Waals surface area contributed by atoms with Crippen molar-refractivity contribution in [1.29, 1.82) is 0 Å². The first-order valence-corrected chi connectivity index (χ1v) is 13.1. The fraction of sp³-hybridized carbons (Fsp3) is 0.815. The summed E-state index contributed by atoms with van der Waals surface area (Å²) in [7, 11) is 3.58. The van der Waals surface area contributed by atoms with Crippen LogP contribution < -0.4 is 5.32 Å². The SMILES string of the molecule is CCCN(C)C(=O)/C(C)=C\C(C(C)C)N(C)C(=O)C(NC(=O)C1CCCCN1C(C)C)C(C)C. The normalized spacial score (nSPS) is 19.3. The molecule has 1 fully saturated rings. The van der Waals surface area contributed by atoms with Gasteiger partial charge in [0.25, 0.3) is 0 Å². The van der Waals surface area contributed by atoms with Gasteiger partial charge in [0.15, 0.2) is 0 Å². The molecule has 7 heteroatoms. The molecular weight excluding hydrogens is 428 g/mol. The van der Waals surface area contributed by atoms with Crippen molar-refractivity contribution in [1.82, 2.24) is 20.0 Å². The van der Waals surface area contributed by atoms with Gasteiger partial charge >= 0.3 is 0 Å². The lowest BCUT2D eigenvalue weighted by Crippen LogP contribution is -2.58. The molecule has 0 aromatic heterocycles. The van der Waals surface area contributed by atoms with E-state index in [4.69, 9.17) is 0 Å². The third kappa shape index (κ3) is 8.10. The number of likely N-dealkylation sites (N-methyl/N-ethyl adjacent to an activating group) is 2. The molecule has 0 aromatic rings. The highest BCUT2D eigenvalue weighted by atomic mass is 16.2. The molecule has 1 rings (SSSR count). The van der Waals surface area contributed by atoms with Crippen molar-refractivity contribution in [3.05, 3.63) is 11.6 Å². The summed E-state index contributed by atoms with van der Waals surface area (Å²) < 4.78 is 0. The van der Waals surface area contributed by atoms with Gasteiger partial charge in [-0.25, -0.2) is 0 Å². The molecule has 1 aliphatic rings. The zero-order valence-electron chi connectivity index (χ0n) is 23.4. The number of nitrogens with zero attached hydrogens (tertiary/aromatic N) is 3. The van der Waals surface area contributed by atoms with Crippen molar-refractivity contribution in [2.45, 2.75) is 105 Å². The molecule has 0 spiro atoms. The number of hydrogen-bond acceptors (Lipinski definition) is 4. The first-order chi connectivity index (χ1) is 15.8. The molecule has 1 aliphatic heterocycles. The number of likely N-dealkylation sites (tertiary alicyclic amines) is 1. The van der Waals surface area contributed by atoms with E-state index in [1.807, 2.05) is 47.6 Å². The average molecular weight is 479 g/mol. The van der Waals surface area contributed by atoms with Crippen LogP contribution in [0.3, 0.4) is 0 Å². The third-order valence-corrected chi connectivity index (χ3v) is 6.88. The van der Waals surface area contributed by atoms with E-state index in [9.17, 15) is 14.4 Å². The molecule has 7 nitrogen and oxygen atoms in total. The van der Waals surface area contributed by atoms with Crippen LogP contribution in [0.2, 0.25) is 0 Å². The van der Waals surface area contributed by atoms with E-state index >= 15 is 0 Å². The van der Waals surface area contributed by atoms with Crippen LogP contribution in [0.25, 0.3) is 0 Å². The van der Waals surface area contributed by atoms with E-state index in [1.54, 1.807) is 23.9 Å². The monoisotopic (exact) mass is 478 g/mol.